The zero-order chi connectivity index (χ0) is 17.0. The molecule has 0 fully saturated rings. The van der Waals surface area contributed by atoms with E-state index in [1.165, 1.54) is 63.6 Å². The van der Waals surface area contributed by atoms with E-state index in [1.807, 2.05) is 0 Å². The summed E-state index contributed by atoms with van der Waals surface area (Å²) in [5.74, 6) is 0. The number of hydrogen-bond acceptors (Lipinski definition) is 0. The van der Waals surface area contributed by atoms with Crippen molar-refractivity contribution < 1.29 is 4.57 Å². The summed E-state index contributed by atoms with van der Waals surface area (Å²) in [6.45, 7) is 3.32. The predicted octanol–water partition coefficient (Wildman–Crippen LogP) is 4.93. The van der Waals surface area contributed by atoms with Crippen LogP contribution in [0.25, 0.3) is 33.2 Å². The van der Waals surface area contributed by atoms with E-state index in [1.54, 1.807) is 0 Å². The standard InChI is InChI=1S/C23H23N2/c1-16-8-3-4-11-18(16)20-13-14-21-23(24(20)2)19-12-7-10-17-9-5-6-15-25(21)22(17)19/h3-4,7-8,10-14H,5-6,9,15H2,1-2H3/q+1. The summed E-state index contributed by atoms with van der Waals surface area (Å²) in [7, 11) is 2.21. The van der Waals surface area contributed by atoms with Gasteiger partial charge < -0.3 is 4.57 Å². The number of aryl methyl sites for hydroxylation is 4. The van der Waals surface area contributed by atoms with Crippen molar-refractivity contribution in [2.24, 2.45) is 7.05 Å². The summed E-state index contributed by atoms with van der Waals surface area (Å²) in [6.07, 6.45) is 3.74. The van der Waals surface area contributed by atoms with Gasteiger partial charge in [-0.15, -0.1) is 0 Å². The molecular formula is C23H23N2+. The summed E-state index contributed by atoms with van der Waals surface area (Å²) >= 11 is 0. The highest BCUT2D eigenvalue weighted by Crippen LogP contribution is 2.33. The summed E-state index contributed by atoms with van der Waals surface area (Å²) in [6, 6.07) is 20.1. The maximum absolute atomic E-state index is 2.55. The van der Waals surface area contributed by atoms with Gasteiger partial charge in [-0.3, -0.25) is 0 Å². The first-order valence-corrected chi connectivity index (χ1v) is 9.24. The second-order valence-electron chi connectivity index (χ2n) is 7.25. The molecule has 4 aromatic rings. The Morgan fingerprint density at radius 1 is 0.920 bits per heavy atom. The fraction of sp³-hybridized carbons (Fsp3) is 0.261. The molecule has 25 heavy (non-hydrogen) atoms. The molecule has 3 heterocycles. The Morgan fingerprint density at radius 2 is 1.80 bits per heavy atom. The van der Waals surface area contributed by atoms with E-state index >= 15 is 0 Å². The lowest BCUT2D eigenvalue weighted by Crippen LogP contribution is -2.32. The first kappa shape index (κ1) is 14.7. The van der Waals surface area contributed by atoms with Gasteiger partial charge in [-0.25, -0.2) is 0 Å². The second-order valence-corrected chi connectivity index (χ2v) is 7.25. The molecule has 0 radical (unpaired) electrons. The zero-order valence-electron chi connectivity index (χ0n) is 14.9. The van der Waals surface area contributed by atoms with Gasteiger partial charge in [0.05, 0.1) is 10.9 Å². The van der Waals surface area contributed by atoms with Crippen LogP contribution in [0.2, 0.25) is 0 Å². The maximum atomic E-state index is 2.55. The first-order chi connectivity index (χ1) is 12.3. The monoisotopic (exact) mass is 327 g/mol. The highest BCUT2D eigenvalue weighted by atomic mass is 15.0. The van der Waals surface area contributed by atoms with Gasteiger partial charge in [-0.2, -0.15) is 4.57 Å². The summed E-state index contributed by atoms with van der Waals surface area (Å²) in [5.41, 5.74) is 9.60. The molecule has 0 unspecified atom stereocenters. The molecule has 2 nitrogen and oxygen atoms in total. The molecule has 0 saturated heterocycles. The van der Waals surface area contributed by atoms with E-state index in [2.05, 4.69) is 77.7 Å². The molecule has 0 atom stereocenters. The van der Waals surface area contributed by atoms with Crippen LogP contribution in [-0.4, -0.2) is 4.57 Å². The van der Waals surface area contributed by atoms with Crippen molar-refractivity contribution in [3.05, 3.63) is 65.7 Å². The number of fused-ring (bicyclic) bond motifs is 3. The Labute approximate surface area is 148 Å². The lowest BCUT2D eigenvalue weighted by molar-refractivity contribution is -0.632. The van der Waals surface area contributed by atoms with Gasteiger partial charge in [0.15, 0.2) is 0 Å². The summed E-state index contributed by atoms with van der Waals surface area (Å²) in [4.78, 5) is 0. The highest BCUT2D eigenvalue weighted by molar-refractivity contribution is 6.05. The van der Waals surface area contributed by atoms with Crippen LogP contribution in [0.5, 0.6) is 0 Å². The average molecular weight is 327 g/mol. The molecule has 0 bridgehead atoms. The van der Waals surface area contributed by atoms with Crippen molar-refractivity contribution in [3.63, 3.8) is 0 Å². The first-order valence-electron chi connectivity index (χ1n) is 9.24. The van der Waals surface area contributed by atoms with Crippen LogP contribution in [0.1, 0.15) is 24.0 Å². The molecule has 0 aliphatic carbocycles. The SMILES string of the molecule is Cc1ccccc1-c1ccc2c(c3cccc4c3n2CCCC4)[n+]1C. The molecule has 0 amide bonds. The third-order valence-corrected chi connectivity index (χ3v) is 5.77. The predicted molar refractivity (Wildman–Crippen MR) is 104 cm³/mol. The largest absolute Gasteiger partial charge is 0.335 e. The van der Waals surface area contributed by atoms with Gasteiger partial charge in [0.2, 0.25) is 11.2 Å². The van der Waals surface area contributed by atoms with Crippen LogP contribution in [-0.2, 0) is 20.0 Å². The number of para-hydroxylation sites is 1. The van der Waals surface area contributed by atoms with Crippen molar-refractivity contribution in [2.45, 2.75) is 32.7 Å². The number of rotatable bonds is 1. The van der Waals surface area contributed by atoms with Crippen molar-refractivity contribution in [1.29, 1.82) is 0 Å². The van der Waals surface area contributed by atoms with Gasteiger partial charge in [-0.05, 0) is 55.5 Å². The minimum absolute atomic E-state index is 1.13. The number of aromatic nitrogens is 2. The number of hydrogen-bond donors (Lipinski definition) is 0. The Hall–Kier alpha value is -2.61. The smallest absolute Gasteiger partial charge is 0.238 e. The van der Waals surface area contributed by atoms with Gasteiger partial charge in [-0.1, -0.05) is 30.3 Å². The molecule has 124 valence electrons. The van der Waals surface area contributed by atoms with Crippen molar-refractivity contribution in [1.82, 2.24) is 4.57 Å². The van der Waals surface area contributed by atoms with Gasteiger partial charge in [0.1, 0.15) is 12.6 Å². The number of benzene rings is 2. The van der Waals surface area contributed by atoms with Crippen molar-refractivity contribution in [2.75, 3.05) is 0 Å². The molecule has 2 aromatic carbocycles. The highest BCUT2D eigenvalue weighted by Gasteiger charge is 2.24. The molecular weight excluding hydrogens is 304 g/mol. The molecule has 1 aliphatic rings. The van der Waals surface area contributed by atoms with Crippen LogP contribution in [0.4, 0.5) is 0 Å². The molecule has 1 aliphatic heterocycles. The van der Waals surface area contributed by atoms with Crippen LogP contribution in [0, 0.1) is 6.92 Å². The van der Waals surface area contributed by atoms with Crippen molar-refractivity contribution in [3.8, 4) is 11.3 Å². The van der Waals surface area contributed by atoms with Gasteiger partial charge in [0, 0.05) is 18.2 Å². The van der Waals surface area contributed by atoms with Crippen LogP contribution >= 0.6 is 0 Å². The van der Waals surface area contributed by atoms with Crippen LogP contribution in [0.15, 0.2) is 54.6 Å². The number of nitrogens with zero attached hydrogens (tertiary/aromatic N) is 2. The molecule has 5 rings (SSSR count). The van der Waals surface area contributed by atoms with E-state index in [4.69, 9.17) is 0 Å². The zero-order valence-corrected chi connectivity index (χ0v) is 14.9. The van der Waals surface area contributed by atoms with Crippen molar-refractivity contribution >= 4 is 21.9 Å². The average Bonchev–Trinajstić information content (AvgIpc) is 2.79. The Morgan fingerprint density at radius 3 is 2.68 bits per heavy atom. The minimum atomic E-state index is 1.13. The molecule has 0 spiro atoms. The maximum Gasteiger partial charge on any atom is 0.238 e. The normalized spacial score (nSPS) is 14.2. The fourth-order valence-electron chi connectivity index (χ4n) is 4.55. The Bertz CT molecular complexity index is 1120. The quantitative estimate of drug-likeness (QED) is 0.438. The lowest BCUT2D eigenvalue weighted by atomic mass is 10.0. The molecule has 2 aromatic heterocycles. The lowest BCUT2D eigenvalue weighted by Gasteiger charge is -2.06. The molecule has 0 saturated carbocycles. The van der Waals surface area contributed by atoms with Crippen LogP contribution in [0.3, 0.4) is 0 Å². The third kappa shape index (κ3) is 2.07. The summed E-state index contributed by atoms with van der Waals surface area (Å²) < 4.78 is 4.94. The van der Waals surface area contributed by atoms with Gasteiger partial charge >= 0.3 is 0 Å². The molecule has 0 N–H and O–H groups in total. The van der Waals surface area contributed by atoms with Crippen LogP contribution < -0.4 is 4.57 Å². The van der Waals surface area contributed by atoms with E-state index in [0.29, 0.717) is 0 Å². The Kier molecular flexibility index (Phi) is 3.21. The minimum Gasteiger partial charge on any atom is -0.335 e. The third-order valence-electron chi connectivity index (χ3n) is 5.77. The number of pyridine rings is 1. The van der Waals surface area contributed by atoms with E-state index in [-0.39, 0.29) is 0 Å². The molecule has 2 heteroatoms. The van der Waals surface area contributed by atoms with E-state index in [9.17, 15) is 0 Å². The fourth-order valence-corrected chi connectivity index (χ4v) is 4.55. The Balaban J connectivity index is 1.91. The van der Waals surface area contributed by atoms with E-state index in [0.717, 1.165) is 6.54 Å². The summed E-state index contributed by atoms with van der Waals surface area (Å²) in [5, 5.41) is 1.40. The topological polar surface area (TPSA) is 8.81 Å². The van der Waals surface area contributed by atoms with Gasteiger partial charge in [0.25, 0.3) is 0 Å². The second kappa shape index (κ2) is 5.45. The van der Waals surface area contributed by atoms with E-state index < -0.39 is 0 Å².